The quantitative estimate of drug-likeness (QED) is 0.899. The Morgan fingerprint density at radius 2 is 2.10 bits per heavy atom. The van der Waals surface area contributed by atoms with E-state index < -0.39 is 5.97 Å². The van der Waals surface area contributed by atoms with Gasteiger partial charge in [0.1, 0.15) is 0 Å². The van der Waals surface area contributed by atoms with E-state index in [0.29, 0.717) is 12.3 Å². The van der Waals surface area contributed by atoms with Crippen molar-refractivity contribution in [3.05, 3.63) is 30.7 Å². The number of hydrogen-bond acceptors (Lipinski definition) is 5. The number of aliphatic carboxylic acids is 1. The Morgan fingerprint density at radius 3 is 2.76 bits per heavy atom. The highest BCUT2D eigenvalue weighted by molar-refractivity contribution is 5.70. The third-order valence-corrected chi connectivity index (χ3v) is 3.89. The zero-order chi connectivity index (χ0) is 14.7. The van der Waals surface area contributed by atoms with Gasteiger partial charge in [0.05, 0.1) is 5.92 Å². The molecule has 0 bridgehead atoms. The summed E-state index contributed by atoms with van der Waals surface area (Å²) in [4.78, 5) is 11.1. The second kappa shape index (κ2) is 5.95. The number of aromatic nitrogens is 2. The van der Waals surface area contributed by atoms with Gasteiger partial charge in [-0.05, 0) is 43.5 Å². The Labute approximate surface area is 122 Å². The Balaban J connectivity index is 1.64. The lowest BCUT2D eigenvalue weighted by molar-refractivity contribution is -0.142. The van der Waals surface area contributed by atoms with Crippen molar-refractivity contribution in [2.75, 3.05) is 5.32 Å². The van der Waals surface area contributed by atoms with Crippen molar-refractivity contribution in [1.29, 1.82) is 0 Å². The molecule has 1 aliphatic carbocycles. The standard InChI is InChI=1S/C15H17N3O3/c19-15(20)11-2-1-3-13(8-11)17-12-6-4-10(5-7-12)14-18-16-9-21-14/h4-7,9,11,13,17H,1-3,8H2,(H,19,20). The number of carboxylic acids is 1. The molecule has 0 amide bonds. The first-order chi connectivity index (χ1) is 10.2. The summed E-state index contributed by atoms with van der Waals surface area (Å²) in [5.74, 6) is -0.424. The number of nitrogens with zero attached hydrogens (tertiary/aromatic N) is 2. The zero-order valence-electron chi connectivity index (χ0n) is 11.5. The molecule has 21 heavy (non-hydrogen) atoms. The maximum Gasteiger partial charge on any atom is 0.306 e. The lowest BCUT2D eigenvalue weighted by Gasteiger charge is -2.28. The van der Waals surface area contributed by atoms with Gasteiger partial charge in [0.15, 0.2) is 0 Å². The molecule has 6 nitrogen and oxygen atoms in total. The van der Waals surface area contributed by atoms with Gasteiger partial charge in [-0.15, -0.1) is 10.2 Å². The highest BCUT2D eigenvalue weighted by Crippen LogP contribution is 2.27. The predicted octanol–water partition coefficient (Wildman–Crippen LogP) is 2.79. The van der Waals surface area contributed by atoms with Crippen molar-refractivity contribution in [3.8, 4) is 11.5 Å². The second-order valence-corrected chi connectivity index (χ2v) is 5.36. The molecule has 1 aromatic heterocycles. The van der Waals surface area contributed by atoms with Crippen LogP contribution in [-0.4, -0.2) is 27.3 Å². The number of anilines is 1. The maximum absolute atomic E-state index is 11.1. The molecule has 2 unspecified atom stereocenters. The van der Waals surface area contributed by atoms with Crippen molar-refractivity contribution >= 4 is 11.7 Å². The van der Waals surface area contributed by atoms with Gasteiger partial charge in [-0.25, -0.2) is 0 Å². The molecule has 1 heterocycles. The summed E-state index contributed by atoms with van der Waals surface area (Å²) in [7, 11) is 0. The van der Waals surface area contributed by atoms with Crippen molar-refractivity contribution in [2.45, 2.75) is 31.7 Å². The first-order valence-electron chi connectivity index (χ1n) is 7.08. The molecular formula is C15H17N3O3. The average molecular weight is 287 g/mol. The van der Waals surface area contributed by atoms with Crippen LogP contribution in [0.4, 0.5) is 5.69 Å². The van der Waals surface area contributed by atoms with Crippen LogP contribution in [0.1, 0.15) is 25.7 Å². The van der Waals surface area contributed by atoms with E-state index >= 15 is 0 Å². The van der Waals surface area contributed by atoms with E-state index in [1.54, 1.807) is 0 Å². The van der Waals surface area contributed by atoms with Gasteiger partial charge in [0, 0.05) is 17.3 Å². The topological polar surface area (TPSA) is 88.2 Å². The molecule has 2 N–H and O–H groups in total. The fourth-order valence-electron chi connectivity index (χ4n) is 2.79. The Bertz CT molecular complexity index is 595. The third kappa shape index (κ3) is 3.21. The minimum absolute atomic E-state index is 0.217. The molecule has 0 radical (unpaired) electrons. The van der Waals surface area contributed by atoms with Crippen LogP contribution in [0.15, 0.2) is 35.1 Å². The lowest BCUT2D eigenvalue weighted by atomic mass is 9.85. The zero-order valence-corrected chi connectivity index (χ0v) is 11.5. The molecule has 110 valence electrons. The fourth-order valence-corrected chi connectivity index (χ4v) is 2.79. The highest BCUT2D eigenvalue weighted by Gasteiger charge is 2.26. The molecule has 1 saturated carbocycles. The molecule has 2 atom stereocenters. The molecule has 0 spiro atoms. The Hall–Kier alpha value is -2.37. The molecule has 1 aromatic carbocycles. The predicted molar refractivity (Wildman–Crippen MR) is 76.7 cm³/mol. The number of nitrogens with one attached hydrogen (secondary N) is 1. The van der Waals surface area contributed by atoms with Crippen molar-refractivity contribution < 1.29 is 14.3 Å². The molecule has 1 aliphatic rings. The summed E-state index contributed by atoms with van der Waals surface area (Å²) in [6.45, 7) is 0. The van der Waals surface area contributed by atoms with E-state index in [9.17, 15) is 4.79 Å². The van der Waals surface area contributed by atoms with Gasteiger partial charge in [0.2, 0.25) is 12.3 Å². The molecule has 0 saturated heterocycles. The van der Waals surface area contributed by atoms with Crippen LogP contribution in [0.5, 0.6) is 0 Å². The smallest absolute Gasteiger partial charge is 0.306 e. The summed E-state index contributed by atoms with van der Waals surface area (Å²) < 4.78 is 5.14. The number of carbonyl (C=O) groups is 1. The Kier molecular flexibility index (Phi) is 3.85. The van der Waals surface area contributed by atoms with Gasteiger partial charge >= 0.3 is 5.97 Å². The number of carboxylic acid groups (broad SMARTS) is 1. The van der Waals surface area contributed by atoms with Gasteiger partial charge in [-0.2, -0.15) is 0 Å². The number of hydrogen-bond donors (Lipinski definition) is 2. The van der Waals surface area contributed by atoms with Crippen LogP contribution in [0.25, 0.3) is 11.5 Å². The molecule has 1 fully saturated rings. The largest absolute Gasteiger partial charge is 0.481 e. The highest BCUT2D eigenvalue weighted by atomic mass is 16.4. The summed E-state index contributed by atoms with van der Waals surface area (Å²) in [6, 6.07) is 7.93. The van der Waals surface area contributed by atoms with E-state index in [1.165, 1.54) is 6.39 Å². The molecule has 3 rings (SSSR count). The van der Waals surface area contributed by atoms with Crippen LogP contribution in [0.2, 0.25) is 0 Å². The normalized spacial score (nSPS) is 21.9. The van der Waals surface area contributed by atoms with E-state index in [2.05, 4.69) is 15.5 Å². The van der Waals surface area contributed by atoms with Gasteiger partial charge < -0.3 is 14.8 Å². The molecule has 0 aliphatic heterocycles. The van der Waals surface area contributed by atoms with Crippen LogP contribution in [-0.2, 0) is 4.79 Å². The number of benzene rings is 1. The summed E-state index contributed by atoms with van der Waals surface area (Å²) in [5.41, 5.74) is 1.85. The first kappa shape index (κ1) is 13.6. The third-order valence-electron chi connectivity index (χ3n) is 3.89. The SMILES string of the molecule is O=C(O)C1CCCC(Nc2ccc(-c3nnco3)cc2)C1. The molecule has 6 heteroatoms. The van der Waals surface area contributed by atoms with Gasteiger partial charge in [0.25, 0.3) is 0 Å². The molecular weight excluding hydrogens is 270 g/mol. The number of rotatable bonds is 4. The maximum atomic E-state index is 11.1. The minimum atomic E-state index is -0.687. The monoisotopic (exact) mass is 287 g/mol. The first-order valence-corrected chi connectivity index (χ1v) is 7.08. The van der Waals surface area contributed by atoms with Gasteiger partial charge in [-0.3, -0.25) is 4.79 Å². The summed E-state index contributed by atoms with van der Waals surface area (Å²) in [5, 5.41) is 20.0. The molecule has 2 aromatic rings. The van der Waals surface area contributed by atoms with E-state index in [0.717, 1.165) is 30.5 Å². The lowest BCUT2D eigenvalue weighted by Crippen LogP contribution is -2.30. The van der Waals surface area contributed by atoms with Crippen LogP contribution >= 0.6 is 0 Å². The Morgan fingerprint density at radius 1 is 1.29 bits per heavy atom. The van der Waals surface area contributed by atoms with Crippen molar-refractivity contribution in [2.24, 2.45) is 5.92 Å². The fraction of sp³-hybridized carbons (Fsp3) is 0.400. The average Bonchev–Trinajstić information content (AvgIpc) is 3.02. The van der Waals surface area contributed by atoms with Crippen LogP contribution < -0.4 is 5.32 Å². The summed E-state index contributed by atoms with van der Waals surface area (Å²) >= 11 is 0. The van der Waals surface area contributed by atoms with E-state index in [1.807, 2.05) is 24.3 Å². The van der Waals surface area contributed by atoms with Crippen LogP contribution in [0, 0.1) is 5.92 Å². The minimum Gasteiger partial charge on any atom is -0.481 e. The van der Waals surface area contributed by atoms with Gasteiger partial charge in [-0.1, -0.05) is 6.42 Å². The van der Waals surface area contributed by atoms with Crippen molar-refractivity contribution in [3.63, 3.8) is 0 Å². The van der Waals surface area contributed by atoms with Crippen molar-refractivity contribution in [1.82, 2.24) is 10.2 Å². The van der Waals surface area contributed by atoms with E-state index in [4.69, 9.17) is 9.52 Å². The van der Waals surface area contributed by atoms with Crippen LogP contribution in [0.3, 0.4) is 0 Å². The second-order valence-electron chi connectivity index (χ2n) is 5.36. The summed E-state index contributed by atoms with van der Waals surface area (Å²) in [6.07, 6.45) is 4.73. The van der Waals surface area contributed by atoms with E-state index in [-0.39, 0.29) is 12.0 Å².